The average molecular weight is 347 g/mol. The van der Waals surface area contributed by atoms with E-state index < -0.39 is 10.0 Å². The van der Waals surface area contributed by atoms with Gasteiger partial charge in [0.25, 0.3) is 5.91 Å². The Labute approximate surface area is 133 Å². The van der Waals surface area contributed by atoms with Crippen molar-refractivity contribution in [2.24, 2.45) is 0 Å². The molecule has 1 amide bonds. The Morgan fingerprint density at radius 2 is 2.18 bits per heavy atom. The van der Waals surface area contributed by atoms with Crippen LogP contribution < -0.4 is 10.1 Å². The zero-order valence-corrected chi connectivity index (χ0v) is 13.4. The highest BCUT2D eigenvalue weighted by Gasteiger charge is 2.34. The second-order valence-corrected chi connectivity index (χ2v) is 7.42. The standard InChI is InChI=1S/C13H15ClN2O5S/c1-8-6-20-3-2-16(8)22(18,19)12-5-11-10(4-9(12)14)15-13(17)7-21-11/h4-5,8H,2-3,6-7H2,1H3,(H,15,17). The number of morpholine rings is 1. The van der Waals surface area contributed by atoms with Crippen LogP contribution in [0.15, 0.2) is 17.0 Å². The second-order valence-electron chi connectivity index (χ2n) is 5.16. The van der Waals surface area contributed by atoms with Crippen LogP contribution in [0.1, 0.15) is 6.92 Å². The first-order chi connectivity index (χ1) is 10.4. The molecule has 0 bridgehead atoms. The highest BCUT2D eigenvalue weighted by molar-refractivity contribution is 7.89. The Hall–Kier alpha value is -1.35. The van der Waals surface area contributed by atoms with E-state index in [-0.39, 0.29) is 35.0 Å². The molecule has 0 saturated carbocycles. The van der Waals surface area contributed by atoms with Crippen molar-refractivity contribution < 1.29 is 22.7 Å². The van der Waals surface area contributed by atoms with Crippen molar-refractivity contribution in [2.45, 2.75) is 17.9 Å². The molecule has 1 atom stereocenters. The number of carbonyl (C=O) groups is 1. The van der Waals surface area contributed by atoms with Crippen molar-refractivity contribution in [3.63, 3.8) is 0 Å². The van der Waals surface area contributed by atoms with Crippen LogP contribution in [0.25, 0.3) is 0 Å². The van der Waals surface area contributed by atoms with Crippen LogP contribution in [0.2, 0.25) is 5.02 Å². The van der Waals surface area contributed by atoms with E-state index in [1.54, 1.807) is 6.92 Å². The number of rotatable bonds is 2. The maximum Gasteiger partial charge on any atom is 0.262 e. The zero-order chi connectivity index (χ0) is 15.9. The Balaban J connectivity index is 2.02. The van der Waals surface area contributed by atoms with Gasteiger partial charge in [-0.2, -0.15) is 4.31 Å². The lowest BCUT2D eigenvalue weighted by atomic mass is 10.2. The number of amides is 1. The number of nitrogens with one attached hydrogen (secondary N) is 1. The van der Waals surface area contributed by atoms with Crippen LogP contribution in [-0.4, -0.2) is 51.0 Å². The fourth-order valence-corrected chi connectivity index (χ4v) is 4.59. The maximum atomic E-state index is 12.8. The lowest BCUT2D eigenvalue weighted by molar-refractivity contribution is -0.118. The SMILES string of the molecule is CC1COCCN1S(=O)(=O)c1cc2c(cc1Cl)NC(=O)CO2. The minimum atomic E-state index is -3.76. The molecule has 1 fully saturated rings. The van der Waals surface area contributed by atoms with E-state index in [4.69, 9.17) is 21.1 Å². The van der Waals surface area contributed by atoms with E-state index in [0.29, 0.717) is 24.7 Å². The summed E-state index contributed by atoms with van der Waals surface area (Å²) in [4.78, 5) is 11.3. The molecule has 120 valence electrons. The van der Waals surface area contributed by atoms with Crippen LogP contribution >= 0.6 is 11.6 Å². The van der Waals surface area contributed by atoms with Gasteiger partial charge in [0.15, 0.2) is 6.61 Å². The molecule has 0 radical (unpaired) electrons. The van der Waals surface area contributed by atoms with Gasteiger partial charge in [-0.3, -0.25) is 4.79 Å². The van der Waals surface area contributed by atoms with Gasteiger partial charge < -0.3 is 14.8 Å². The normalized spacial score (nSPS) is 22.6. The third kappa shape index (κ3) is 2.67. The summed E-state index contributed by atoms with van der Waals surface area (Å²) in [7, 11) is -3.76. The van der Waals surface area contributed by atoms with E-state index >= 15 is 0 Å². The highest BCUT2D eigenvalue weighted by Crippen LogP contribution is 2.37. The summed E-state index contributed by atoms with van der Waals surface area (Å²) in [5, 5.41) is 2.64. The van der Waals surface area contributed by atoms with Gasteiger partial charge >= 0.3 is 0 Å². The molecule has 2 aliphatic heterocycles. The molecule has 0 aliphatic carbocycles. The molecule has 0 spiro atoms. The van der Waals surface area contributed by atoms with Crippen molar-refractivity contribution in [3.05, 3.63) is 17.2 Å². The number of benzene rings is 1. The summed E-state index contributed by atoms with van der Waals surface area (Å²) in [5.41, 5.74) is 0.371. The van der Waals surface area contributed by atoms with Crippen LogP contribution in [-0.2, 0) is 19.6 Å². The van der Waals surface area contributed by atoms with Gasteiger partial charge in [-0.1, -0.05) is 11.6 Å². The number of fused-ring (bicyclic) bond motifs is 1. The Morgan fingerprint density at radius 3 is 2.91 bits per heavy atom. The fraction of sp³-hybridized carbons (Fsp3) is 0.462. The first kappa shape index (κ1) is 15.5. The largest absolute Gasteiger partial charge is 0.482 e. The highest BCUT2D eigenvalue weighted by atomic mass is 35.5. The summed E-state index contributed by atoms with van der Waals surface area (Å²) in [6, 6.07) is 2.48. The van der Waals surface area contributed by atoms with Gasteiger partial charge in [-0.25, -0.2) is 8.42 Å². The molecule has 0 aromatic heterocycles. The van der Waals surface area contributed by atoms with Crippen LogP contribution in [0.3, 0.4) is 0 Å². The maximum absolute atomic E-state index is 12.8. The Morgan fingerprint density at radius 1 is 1.41 bits per heavy atom. The molecular weight excluding hydrogens is 332 g/mol. The molecule has 2 heterocycles. The van der Waals surface area contributed by atoms with Crippen molar-refractivity contribution in [1.82, 2.24) is 4.31 Å². The Bertz CT molecular complexity index is 721. The monoisotopic (exact) mass is 346 g/mol. The van der Waals surface area contributed by atoms with Gasteiger partial charge in [0.1, 0.15) is 10.6 Å². The van der Waals surface area contributed by atoms with E-state index in [2.05, 4.69) is 5.32 Å². The number of nitrogens with zero attached hydrogens (tertiary/aromatic N) is 1. The number of halogens is 1. The predicted molar refractivity (Wildman–Crippen MR) is 79.7 cm³/mol. The first-order valence-corrected chi connectivity index (χ1v) is 8.57. The molecule has 1 N–H and O–H groups in total. The topological polar surface area (TPSA) is 84.9 Å². The summed E-state index contributed by atoms with van der Waals surface area (Å²) in [6.07, 6.45) is 0. The molecular formula is C13H15ClN2O5S. The molecule has 1 aromatic carbocycles. The smallest absolute Gasteiger partial charge is 0.262 e. The van der Waals surface area contributed by atoms with Crippen molar-refractivity contribution in [1.29, 1.82) is 0 Å². The van der Waals surface area contributed by atoms with E-state index in [0.717, 1.165) is 0 Å². The first-order valence-electron chi connectivity index (χ1n) is 6.75. The summed E-state index contributed by atoms with van der Waals surface area (Å²) < 4.78 is 37.5. The second kappa shape index (κ2) is 5.69. The molecule has 1 aromatic rings. The summed E-state index contributed by atoms with van der Waals surface area (Å²) in [5.74, 6) is -0.00976. The molecule has 22 heavy (non-hydrogen) atoms. The molecule has 1 saturated heterocycles. The van der Waals surface area contributed by atoms with Gasteiger partial charge in [-0.05, 0) is 13.0 Å². The predicted octanol–water partition coefficient (Wildman–Crippen LogP) is 1.08. The van der Waals surface area contributed by atoms with E-state index in [9.17, 15) is 13.2 Å². The lowest BCUT2D eigenvalue weighted by Crippen LogP contribution is -2.47. The molecule has 2 aliphatic rings. The molecule has 1 unspecified atom stereocenters. The van der Waals surface area contributed by atoms with E-state index in [1.807, 2.05) is 0 Å². The minimum Gasteiger partial charge on any atom is -0.482 e. The lowest BCUT2D eigenvalue weighted by Gasteiger charge is -2.32. The van der Waals surface area contributed by atoms with Crippen molar-refractivity contribution >= 4 is 33.2 Å². The van der Waals surface area contributed by atoms with Gasteiger partial charge in [0, 0.05) is 18.7 Å². The minimum absolute atomic E-state index is 0.0298. The van der Waals surface area contributed by atoms with Crippen molar-refractivity contribution in [3.8, 4) is 5.75 Å². The van der Waals surface area contributed by atoms with Crippen LogP contribution in [0.4, 0.5) is 5.69 Å². The number of hydrogen-bond acceptors (Lipinski definition) is 5. The number of hydrogen-bond donors (Lipinski definition) is 1. The average Bonchev–Trinajstić information content (AvgIpc) is 2.46. The zero-order valence-electron chi connectivity index (χ0n) is 11.8. The molecule has 3 rings (SSSR count). The number of ether oxygens (including phenoxy) is 2. The third-order valence-electron chi connectivity index (χ3n) is 3.56. The third-order valence-corrected chi connectivity index (χ3v) is 6.04. The summed E-state index contributed by atoms with van der Waals surface area (Å²) >= 11 is 6.12. The fourth-order valence-electron chi connectivity index (χ4n) is 2.47. The van der Waals surface area contributed by atoms with Gasteiger partial charge in [0.2, 0.25) is 10.0 Å². The number of carbonyl (C=O) groups excluding carboxylic acids is 1. The van der Waals surface area contributed by atoms with Crippen LogP contribution in [0, 0.1) is 0 Å². The van der Waals surface area contributed by atoms with E-state index in [1.165, 1.54) is 16.4 Å². The number of anilines is 1. The van der Waals surface area contributed by atoms with Crippen molar-refractivity contribution in [2.75, 3.05) is 31.7 Å². The Kier molecular flexibility index (Phi) is 4.02. The number of sulfonamides is 1. The molecule has 7 nitrogen and oxygen atoms in total. The quantitative estimate of drug-likeness (QED) is 0.866. The van der Waals surface area contributed by atoms with Crippen LogP contribution in [0.5, 0.6) is 5.75 Å². The molecule has 9 heteroatoms. The van der Waals surface area contributed by atoms with Gasteiger partial charge in [-0.15, -0.1) is 0 Å². The van der Waals surface area contributed by atoms with Gasteiger partial charge in [0.05, 0.1) is 23.9 Å². The summed E-state index contributed by atoms with van der Waals surface area (Å²) in [6.45, 7) is 2.59.